The van der Waals surface area contributed by atoms with Crippen molar-refractivity contribution in [3.63, 3.8) is 0 Å². The molecule has 1 aromatic carbocycles. The number of carbonyl (C=O) groups is 1. The molecule has 1 aliphatic carbocycles. The molecule has 1 unspecified atom stereocenters. The maximum absolute atomic E-state index is 11.3. The van der Waals surface area contributed by atoms with Crippen molar-refractivity contribution >= 4 is 28.5 Å². The third kappa shape index (κ3) is 3.92. The van der Waals surface area contributed by atoms with Crippen LogP contribution in [-0.4, -0.2) is 5.91 Å². The Morgan fingerprint density at radius 2 is 1.84 bits per heavy atom. The van der Waals surface area contributed by atoms with Crippen LogP contribution in [0.1, 0.15) is 50.1 Å². The molecule has 104 valence electrons. The van der Waals surface area contributed by atoms with Crippen molar-refractivity contribution in [1.29, 1.82) is 0 Å². The molecule has 0 radical (unpaired) electrons. The molecule has 1 saturated carbocycles. The number of primary amides is 1. The average molecular weight is 372 g/mol. The molecular formula is C15H21IN2O. The summed E-state index contributed by atoms with van der Waals surface area (Å²) in [6.45, 7) is 0. The lowest BCUT2D eigenvalue weighted by Gasteiger charge is -2.30. The third-order valence-electron chi connectivity index (χ3n) is 4.16. The summed E-state index contributed by atoms with van der Waals surface area (Å²) in [5.74, 6) is -0.197. The molecule has 0 aliphatic heterocycles. The van der Waals surface area contributed by atoms with E-state index in [1.54, 1.807) is 0 Å². The summed E-state index contributed by atoms with van der Waals surface area (Å²) in [6.07, 6.45) is 5.86. The number of benzene rings is 1. The molecule has 0 heterocycles. The minimum atomic E-state index is -0.197. The molecular weight excluding hydrogens is 351 g/mol. The lowest BCUT2D eigenvalue weighted by Crippen LogP contribution is -2.29. The second kappa shape index (κ2) is 6.22. The number of halogens is 1. The highest BCUT2D eigenvalue weighted by Gasteiger charge is 2.36. The molecule has 0 bridgehead atoms. The van der Waals surface area contributed by atoms with Gasteiger partial charge in [0, 0.05) is 16.0 Å². The fraction of sp³-hybridized carbons (Fsp3) is 0.533. The van der Waals surface area contributed by atoms with Gasteiger partial charge in [-0.05, 0) is 65.0 Å². The predicted molar refractivity (Wildman–Crippen MR) is 85.4 cm³/mol. The van der Waals surface area contributed by atoms with E-state index in [-0.39, 0.29) is 17.4 Å². The van der Waals surface area contributed by atoms with Crippen LogP contribution in [0.25, 0.3) is 0 Å². The van der Waals surface area contributed by atoms with E-state index in [1.165, 1.54) is 16.4 Å². The highest BCUT2D eigenvalue weighted by molar-refractivity contribution is 14.1. The van der Waals surface area contributed by atoms with Crippen LogP contribution in [0.4, 0.5) is 0 Å². The van der Waals surface area contributed by atoms with Crippen LogP contribution < -0.4 is 11.5 Å². The molecule has 3 nitrogen and oxygen atoms in total. The summed E-state index contributed by atoms with van der Waals surface area (Å²) in [5, 5.41) is 0. The van der Waals surface area contributed by atoms with Crippen LogP contribution in [0, 0.1) is 8.99 Å². The highest BCUT2D eigenvalue weighted by Crippen LogP contribution is 2.46. The highest BCUT2D eigenvalue weighted by atomic mass is 127. The first-order valence-electron chi connectivity index (χ1n) is 6.80. The van der Waals surface area contributed by atoms with Crippen molar-refractivity contribution in [1.82, 2.24) is 0 Å². The minimum absolute atomic E-state index is 0.00514. The van der Waals surface area contributed by atoms with Crippen LogP contribution in [0.2, 0.25) is 0 Å². The van der Waals surface area contributed by atoms with E-state index in [1.807, 2.05) is 0 Å². The van der Waals surface area contributed by atoms with Gasteiger partial charge in [0.15, 0.2) is 0 Å². The summed E-state index contributed by atoms with van der Waals surface area (Å²) >= 11 is 2.29. The monoisotopic (exact) mass is 372 g/mol. The van der Waals surface area contributed by atoms with Crippen molar-refractivity contribution in [3.8, 4) is 0 Å². The molecule has 1 aromatic rings. The maximum atomic E-state index is 11.3. The van der Waals surface area contributed by atoms with Crippen LogP contribution in [0.3, 0.4) is 0 Å². The second-order valence-electron chi connectivity index (χ2n) is 5.71. The van der Waals surface area contributed by atoms with E-state index in [4.69, 9.17) is 11.5 Å². The summed E-state index contributed by atoms with van der Waals surface area (Å²) in [5.41, 5.74) is 12.9. The van der Waals surface area contributed by atoms with Crippen molar-refractivity contribution in [2.75, 3.05) is 0 Å². The van der Waals surface area contributed by atoms with E-state index >= 15 is 0 Å². The van der Waals surface area contributed by atoms with Gasteiger partial charge in [-0.25, -0.2) is 0 Å². The summed E-state index contributed by atoms with van der Waals surface area (Å²) in [6, 6.07) is 8.31. The van der Waals surface area contributed by atoms with Crippen LogP contribution in [-0.2, 0) is 4.79 Å². The fourth-order valence-corrected chi connectivity index (χ4v) is 3.60. The Kier molecular flexibility index (Phi) is 4.84. The quantitative estimate of drug-likeness (QED) is 0.780. The van der Waals surface area contributed by atoms with Gasteiger partial charge in [-0.1, -0.05) is 25.0 Å². The van der Waals surface area contributed by atoms with Gasteiger partial charge in [0.25, 0.3) is 0 Å². The van der Waals surface area contributed by atoms with Gasteiger partial charge >= 0.3 is 0 Å². The van der Waals surface area contributed by atoms with Gasteiger partial charge in [0.2, 0.25) is 5.91 Å². The van der Waals surface area contributed by atoms with Crippen molar-refractivity contribution in [2.24, 2.45) is 16.9 Å². The maximum Gasteiger partial charge on any atom is 0.217 e. The van der Waals surface area contributed by atoms with Gasteiger partial charge in [0.1, 0.15) is 0 Å². The molecule has 1 atom stereocenters. The van der Waals surface area contributed by atoms with Gasteiger partial charge in [-0.3, -0.25) is 4.79 Å². The minimum Gasteiger partial charge on any atom is -0.370 e. The first-order valence-corrected chi connectivity index (χ1v) is 7.88. The van der Waals surface area contributed by atoms with Crippen molar-refractivity contribution in [3.05, 3.63) is 33.4 Å². The number of hydrogen-bond acceptors (Lipinski definition) is 2. The third-order valence-corrected chi connectivity index (χ3v) is 4.88. The number of carbonyl (C=O) groups excluding carboxylic acids is 1. The van der Waals surface area contributed by atoms with Gasteiger partial charge in [-0.15, -0.1) is 0 Å². The zero-order valence-electron chi connectivity index (χ0n) is 11.1. The van der Waals surface area contributed by atoms with E-state index in [2.05, 4.69) is 46.9 Å². The van der Waals surface area contributed by atoms with E-state index in [9.17, 15) is 4.79 Å². The number of amides is 1. The molecule has 19 heavy (non-hydrogen) atoms. The zero-order chi connectivity index (χ0) is 13.9. The Labute approximate surface area is 128 Å². The summed E-state index contributed by atoms with van der Waals surface area (Å²) in [4.78, 5) is 11.3. The molecule has 1 fully saturated rings. The Balaban J connectivity index is 2.08. The molecule has 2 rings (SSSR count). The Morgan fingerprint density at radius 3 is 2.37 bits per heavy atom. The molecule has 4 heteroatoms. The fourth-order valence-electron chi connectivity index (χ4n) is 3.24. The Bertz CT molecular complexity index is 438. The normalized spacial score (nSPS) is 19.3. The van der Waals surface area contributed by atoms with Gasteiger partial charge < -0.3 is 11.5 Å². The Hall–Kier alpha value is -0.620. The molecule has 0 spiro atoms. The first kappa shape index (κ1) is 14.8. The topological polar surface area (TPSA) is 69.1 Å². The second-order valence-corrected chi connectivity index (χ2v) is 6.96. The molecule has 0 saturated heterocycles. The van der Waals surface area contributed by atoms with E-state index in [0.717, 1.165) is 24.8 Å². The van der Waals surface area contributed by atoms with Gasteiger partial charge in [0.05, 0.1) is 0 Å². The van der Waals surface area contributed by atoms with Crippen LogP contribution in [0.5, 0.6) is 0 Å². The SMILES string of the molecule is NC(=O)CC1(CC(N)c2ccc(I)cc2)CCCC1. The van der Waals surface area contributed by atoms with Crippen molar-refractivity contribution in [2.45, 2.75) is 44.6 Å². The number of hydrogen-bond donors (Lipinski definition) is 2. The summed E-state index contributed by atoms with van der Waals surface area (Å²) in [7, 11) is 0. The lowest BCUT2D eigenvalue weighted by atomic mass is 9.76. The first-order chi connectivity index (χ1) is 9.01. The van der Waals surface area contributed by atoms with Gasteiger partial charge in [-0.2, -0.15) is 0 Å². The Morgan fingerprint density at radius 1 is 1.26 bits per heavy atom. The number of rotatable bonds is 5. The summed E-state index contributed by atoms with van der Waals surface area (Å²) < 4.78 is 1.21. The molecule has 1 aliphatic rings. The standard InChI is InChI=1S/C15H21IN2O/c16-12-5-3-11(4-6-12)13(17)9-15(10-14(18)19)7-1-2-8-15/h3-6,13H,1-2,7-10,17H2,(H2,18,19). The smallest absolute Gasteiger partial charge is 0.217 e. The zero-order valence-corrected chi connectivity index (χ0v) is 13.2. The van der Waals surface area contributed by atoms with E-state index in [0.29, 0.717) is 6.42 Å². The predicted octanol–water partition coefficient (Wildman–Crippen LogP) is 3.12. The van der Waals surface area contributed by atoms with Crippen molar-refractivity contribution < 1.29 is 4.79 Å². The van der Waals surface area contributed by atoms with Crippen LogP contribution in [0.15, 0.2) is 24.3 Å². The molecule has 4 N–H and O–H groups in total. The van der Waals surface area contributed by atoms with Crippen LogP contribution >= 0.6 is 22.6 Å². The average Bonchev–Trinajstić information content (AvgIpc) is 2.77. The van der Waals surface area contributed by atoms with E-state index < -0.39 is 0 Å². The number of nitrogens with two attached hydrogens (primary N) is 2. The molecule has 0 aromatic heterocycles. The molecule has 1 amide bonds. The lowest BCUT2D eigenvalue weighted by molar-refractivity contribution is -0.120. The largest absolute Gasteiger partial charge is 0.370 e.